The van der Waals surface area contributed by atoms with Gasteiger partial charge in [0.15, 0.2) is 0 Å². The molecule has 0 unspecified atom stereocenters. The molecule has 5 saturated carbocycles. The minimum atomic E-state index is 0.641. The van der Waals surface area contributed by atoms with Gasteiger partial charge in [0, 0.05) is 0 Å². The van der Waals surface area contributed by atoms with Gasteiger partial charge in [0.05, 0.1) is 0 Å². The van der Waals surface area contributed by atoms with Crippen LogP contribution in [0.2, 0.25) is 0 Å². The number of allylic oxidation sites excluding steroid dienone is 1. The predicted octanol–water partition coefficient (Wildman–Crippen LogP) is 4.27. The standard InChI is InChI=1S/C15H24/c1-9(2)12-7-14-10(3)11-5-6-15(14,4)8-13(11)12/h9,11-14H,3,5-8H2,1-2,4H3/t11-,12-,13-,14-,15-/m1/s1. The van der Waals surface area contributed by atoms with Gasteiger partial charge in [0.1, 0.15) is 0 Å². The Balaban J connectivity index is 1.97. The Morgan fingerprint density at radius 1 is 1.40 bits per heavy atom. The first kappa shape index (κ1) is 9.93. The van der Waals surface area contributed by atoms with Crippen LogP contribution in [0, 0.1) is 35.0 Å². The Hall–Kier alpha value is -0.260. The molecule has 0 aromatic rings. The van der Waals surface area contributed by atoms with Crippen LogP contribution in [0.5, 0.6) is 0 Å². The van der Waals surface area contributed by atoms with Gasteiger partial charge in [0.2, 0.25) is 0 Å². The van der Waals surface area contributed by atoms with Crippen LogP contribution in [0.3, 0.4) is 0 Å². The van der Waals surface area contributed by atoms with Crippen molar-refractivity contribution in [3.05, 3.63) is 12.2 Å². The summed E-state index contributed by atoms with van der Waals surface area (Å²) in [5, 5.41) is 0. The van der Waals surface area contributed by atoms with Crippen LogP contribution in [0.25, 0.3) is 0 Å². The third-order valence-corrected chi connectivity index (χ3v) is 5.92. The fraction of sp³-hybridized carbons (Fsp3) is 0.867. The molecule has 0 N–H and O–H groups in total. The molecule has 0 heteroatoms. The largest absolute Gasteiger partial charge is 0.0993 e. The van der Waals surface area contributed by atoms with Gasteiger partial charge in [-0.15, -0.1) is 0 Å². The fourth-order valence-corrected chi connectivity index (χ4v) is 5.06. The van der Waals surface area contributed by atoms with Gasteiger partial charge < -0.3 is 0 Å². The second kappa shape index (κ2) is 2.90. The van der Waals surface area contributed by atoms with Crippen LogP contribution in [-0.2, 0) is 0 Å². The lowest BCUT2D eigenvalue weighted by Crippen LogP contribution is -2.55. The summed E-state index contributed by atoms with van der Waals surface area (Å²) in [7, 11) is 0. The summed E-state index contributed by atoms with van der Waals surface area (Å²) >= 11 is 0. The molecule has 15 heavy (non-hydrogen) atoms. The van der Waals surface area contributed by atoms with E-state index in [9.17, 15) is 0 Å². The summed E-state index contributed by atoms with van der Waals surface area (Å²) in [4.78, 5) is 0. The second-order valence-corrected chi connectivity index (χ2v) is 6.94. The van der Waals surface area contributed by atoms with Crippen molar-refractivity contribution in [3.63, 3.8) is 0 Å². The highest BCUT2D eigenvalue weighted by molar-refractivity contribution is 5.24. The van der Waals surface area contributed by atoms with Crippen LogP contribution >= 0.6 is 0 Å². The van der Waals surface area contributed by atoms with E-state index < -0.39 is 0 Å². The molecule has 0 saturated heterocycles. The second-order valence-electron chi connectivity index (χ2n) is 6.94. The van der Waals surface area contributed by atoms with E-state index in [1.165, 1.54) is 25.7 Å². The van der Waals surface area contributed by atoms with E-state index >= 15 is 0 Å². The van der Waals surface area contributed by atoms with E-state index in [0.29, 0.717) is 5.41 Å². The van der Waals surface area contributed by atoms with E-state index in [1.54, 1.807) is 5.57 Å². The van der Waals surface area contributed by atoms with Gasteiger partial charge in [-0.25, -0.2) is 0 Å². The molecule has 5 fully saturated rings. The highest BCUT2D eigenvalue weighted by Crippen LogP contribution is 2.66. The zero-order valence-corrected chi connectivity index (χ0v) is 10.4. The molecule has 5 atom stereocenters. The first-order chi connectivity index (χ1) is 7.03. The van der Waals surface area contributed by atoms with Crippen molar-refractivity contribution in [2.24, 2.45) is 35.0 Å². The zero-order chi connectivity index (χ0) is 10.8. The Morgan fingerprint density at radius 3 is 2.73 bits per heavy atom. The molecule has 0 heterocycles. The molecule has 0 aromatic heterocycles. The van der Waals surface area contributed by atoms with E-state index in [2.05, 4.69) is 27.4 Å². The van der Waals surface area contributed by atoms with Gasteiger partial charge in [-0.1, -0.05) is 32.9 Å². The van der Waals surface area contributed by atoms with Gasteiger partial charge in [-0.05, 0) is 60.7 Å². The van der Waals surface area contributed by atoms with Gasteiger partial charge in [-0.2, -0.15) is 0 Å². The van der Waals surface area contributed by atoms with Gasteiger partial charge in [0.25, 0.3) is 0 Å². The highest BCUT2D eigenvalue weighted by Gasteiger charge is 2.57. The van der Waals surface area contributed by atoms with Crippen molar-refractivity contribution in [1.29, 1.82) is 0 Å². The lowest BCUT2D eigenvalue weighted by atomic mass is 9.41. The van der Waals surface area contributed by atoms with E-state index in [4.69, 9.17) is 0 Å². The number of hydrogen-bond acceptors (Lipinski definition) is 0. The summed E-state index contributed by atoms with van der Waals surface area (Å²) in [5.74, 6) is 4.64. The van der Waals surface area contributed by atoms with Gasteiger partial charge in [-0.3, -0.25) is 0 Å². The number of rotatable bonds is 1. The van der Waals surface area contributed by atoms with Crippen molar-refractivity contribution in [2.75, 3.05) is 0 Å². The topological polar surface area (TPSA) is 0 Å². The quantitative estimate of drug-likeness (QED) is 0.559. The maximum Gasteiger partial charge on any atom is -0.0146 e. The number of hydrogen-bond donors (Lipinski definition) is 0. The Kier molecular flexibility index (Phi) is 1.92. The molecule has 0 aromatic carbocycles. The van der Waals surface area contributed by atoms with Crippen LogP contribution in [0.1, 0.15) is 46.5 Å². The Labute approximate surface area is 94.1 Å². The molecule has 0 nitrogen and oxygen atoms in total. The van der Waals surface area contributed by atoms with Crippen molar-refractivity contribution in [1.82, 2.24) is 0 Å². The average molecular weight is 204 g/mol. The maximum atomic E-state index is 4.42. The molecule has 0 amide bonds. The minimum absolute atomic E-state index is 0.641. The molecule has 0 spiro atoms. The van der Waals surface area contributed by atoms with Crippen molar-refractivity contribution >= 4 is 0 Å². The molecular formula is C15H24. The summed E-state index contributed by atoms with van der Waals surface area (Å²) in [5.41, 5.74) is 2.28. The van der Waals surface area contributed by atoms with Crippen molar-refractivity contribution in [2.45, 2.75) is 46.5 Å². The van der Waals surface area contributed by atoms with Crippen LogP contribution < -0.4 is 0 Å². The van der Waals surface area contributed by atoms with Gasteiger partial charge >= 0.3 is 0 Å². The molecule has 5 rings (SSSR count). The fourth-order valence-electron chi connectivity index (χ4n) is 5.06. The van der Waals surface area contributed by atoms with E-state index in [1.807, 2.05) is 0 Å². The van der Waals surface area contributed by atoms with E-state index in [0.717, 1.165) is 29.6 Å². The van der Waals surface area contributed by atoms with Crippen molar-refractivity contribution in [3.8, 4) is 0 Å². The Bertz CT molecular complexity index is 301. The Morgan fingerprint density at radius 2 is 2.13 bits per heavy atom. The summed E-state index contributed by atoms with van der Waals surface area (Å²) in [6.45, 7) is 11.8. The SMILES string of the molecule is C=C1[C@H]2CC[C@]3(C)C[C@H]2[C@@H](C(C)C)C[C@H]13. The highest BCUT2D eigenvalue weighted by atomic mass is 14.6. The van der Waals surface area contributed by atoms with Crippen LogP contribution in [0.4, 0.5) is 0 Å². The molecule has 0 aliphatic heterocycles. The summed E-state index contributed by atoms with van der Waals surface area (Å²) in [6.07, 6.45) is 5.88. The first-order valence-corrected chi connectivity index (χ1v) is 6.71. The molecule has 5 aliphatic rings. The minimum Gasteiger partial charge on any atom is -0.0993 e. The summed E-state index contributed by atoms with van der Waals surface area (Å²) in [6, 6.07) is 0. The lowest BCUT2D eigenvalue weighted by Gasteiger charge is -2.63. The smallest absolute Gasteiger partial charge is 0.0146 e. The molecule has 4 bridgehead atoms. The zero-order valence-electron chi connectivity index (χ0n) is 10.4. The molecule has 84 valence electrons. The lowest BCUT2D eigenvalue weighted by molar-refractivity contribution is -0.0834. The molecular weight excluding hydrogens is 180 g/mol. The number of fused-ring (bicyclic) bond motifs is 2. The van der Waals surface area contributed by atoms with Crippen LogP contribution in [-0.4, -0.2) is 0 Å². The maximum absolute atomic E-state index is 4.42. The average Bonchev–Trinajstić information content (AvgIpc) is 2.15. The summed E-state index contributed by atoms with van der Waals surface area (Å²) < 4.78 is 0. The molecule has 0 radical (unpaired) electrons. The third kappa shape index (κ3) is 1.14. The van der Waals surface area contributed by atoms with E-state index in [-0.39, 0.29) is 0 Å². The molecule has 5 aliphatic carbocycles. The monoisotopic (exact) mass is 204 g/mol. The third-order valence-electron chi connectivity index (χ3n) is 5.92. The predicted molar refractivity (Wildman–Crippen MR) is 64.5 cm³/mol. The van der Waals surface area contributed by atoms with Crippen molar-refractivity contribution < 1.29 is 0 Å². The van der Waals surface area contributed by atoms with Crippen LogP contribution in [0.15, 0.2) is 12.2 Å². The normalized spacial score (nSPS) is 52.9. The first-order valence-electron chi connectivity index (χ1n) is 6.71.